The Morgan fingerprint density at radius 3 is 2.38 bits per heavy atom. The van der Waals surface area contributed by atoms with Crippen molar-refractivity contribution in [3.05, 3.63) is 94.1 Å². The molecule has 2 saturated heterocycles. The number of nitrogens with one attached hydrogen (secondary N) is 1. The summed E-state index contributed by atoms with van der Waals surface area (Å²) in [7, 11) is 0. The molecule has 3 aromatic carbocycles. The molecule has 4 amide bonds. The third kappa shape index (κ3) is 7.10. The summed E-state index contributed by atoms with van der Waals surface area (Å²) in [5, 5.41) is 2.27. The number of anilines is 2. The predicted molar refractivity (Wildman–Crippen MR) is 160 cm³/mol. The molecule has 2 aliphatic rings. The number of piperazine rings is 1. The van der Waals surface area contributed by atoms with Crippen molar-refractivity contribution < 1.29 is 28.3 Å². The third-order valence-corrected chi connectivity index (χ3v) is 7.86. The van der Waals surface area contributed by atoms with E-state index in [9.17, 15) is 23.6 Å². The van der Waals surface area contributed by atoms with E-state index in [1.807, 2.05) is 30.3 Å². The molecule has 1 N–H and O–H groups in total. The molecule has 42 heavy (non-hydrogen) atoms. The largest absolute Gasteiger partial charge is 0.482 e. The van der Waals surface area contributed by atoms with Crippen molar-refractivity contribution >= 4 is 63.8 Å². The van der Waals surface area contributed by atoms with Gasteiger partial charge in [0.1, 0.15) is 18.1 Å². The van der Waals surface area contributed by atoms with Crippen LogP contribution in [0.1, 0.15) is 5.56 Å². The fraction of sp³-hybridized carbons (Fsp3) is 0.200. The Morgan fingerprint density at radius 1 is 0.976 bits per heavy atom. The first kappa shape index (κ1) is 29.2. The number of imide groups is 1. The summed E-state index contributed by atoms with van der Waals surface area (Å²) in [4.78, 5) is 55.6. The molecule has 5 rings (SSSR count). The van der Waals surface area contributed by atoms with Crippen LogP contribution in [-0.4, -0.2) is 72.1 Å². The molecule has 3 aromatic rings. The molecule has 0 unspecified atom stereocenters. The first-order valence-corrected chi connectivity index (χ1v) is 14.3. The summed E-state index contributed by atoms with van der Waals surface area (Å²) in [6.07, 6.45) is 1.52. The van der Waals surface area contributed by atoms with Crippen LogP contribution in [-0.2, 0) is 14.4 Å². The fourth-order valence-corrected chi connectivity index (χ4v) is 5.56. The Kier molecular flexibility index (Phi) is 9.09. The van der Waals surface area contributed by atoms with E-state index in [-0.39, 0.29) is 34.7 Å². The van der Waals surface area contributed by atoms with Crippen LogP contribution in [0.3, 0.4) is 0 Å². The van der Waals surface area contributed by atoms with Crippen molar-refractivity contribution in [2.24, 2.45) is 0 Å². The van der Waals surface area contributed by atoms with Gasteiger partial charge in [-0.2, -0.15) is 0 Å². The third-order valence-electron chi connectivity index (χ3n) is 6.66. The molecule has 9 nitrogen and oxygen atoms in total. The number of ether oxygens (including phenoxy) is 1. The molecule has 0 atom stereocenters. The first-order chi connectivity index (χ1) is 20.3. The minimum Gasteiger partial charge on any atom is -0.482 e. The molecule has 2 aliphatic heterocycles. The Bertz CT molecular complexity index is 1530. The van der Waals surface area contributed by atoms with Crippen LogP contribution in [0.5, 0.6) is 5.75 Å². The summed E-state index contributed by atoms with van der Waals surface area (Å²) < 4.78 is 18.5. The Balaban J connectivity index is 1.14. The van der Waals surface area contributed by atoms with Gasteiger partial charge in [0, 0.05) is 37.6 Å². The molecular weight excluding hydrogens is 583 g/mol. The van der Waals surface area contributed by atoms with E-state index in [1.54, 1.807) is 23.1 Å². The Morgan fingerprint density at radius 2 is 1.69 bits per heavy atom. The van der Waals surface area contributed by atoms with Gasteiger partial charge in [0.25, 0.3) is 17.1 Å². The van der Waals surface area contributed by atoms with Gasteiger partial charge < -0.3 is 19.9 Å². The number of carbonyl (C=O) groups is 4. The number of nitrogens with zero attached hydrogens (tertiary/aromatic N) is 3. The van der Waals surface area contributed by atoms with Gasteiger partial charge in [-0.3, -0.25) is 24.1 Å². The lowest BCUT2D eigenvalue weighted by Crippen LogP contribution is -2.51. The minimum atomic E-state index is -0.546. The monoisotopic (exact) mass is 608 g/mol. The van der Waals surface area contributed by atoms with Gasteiger partial charge in [0.15, 0.2) is 6.61 Å². The second-order valence-electron chi connectivity index (χ2n) is 9.50. The van der Waals surface area contributed by atoms with Crippen LogP contribution in [0.25, 0.3) is 6.08 Å². The number of benzene rings is 3. The second kappa shape index (κ2) is 13.1. The standard InChI is InChI=1S/C30H26ClFN4O5S/c31-24-16-20(6-11-25(24)41-19-27(37)33-22-9-7-21(32)8-10-22)17-26-29(39)36(30(40)42-26)18-28(38)35-14-12-34(13-15-35)23-4-2-1-3-5-23/h1-11,16-17H,12-15,18-19H2,(H,33,37)/b26-17+. The molecule has 216 valence electrons. The highest BCUT2D eigenvalue weighted by Gasteiger charge is 2.37. The summed E-state index contributed by atoms with van der Waals surface area (Å²) in [5.41, 5.74) is 2.05. The number of hydrogen-bond acceptors (Lipinski definition) is 7. The van der Waals surface area contributed by atoms with Gasteiger partial charge in [0.2, 0.25) is 5.91 Å². The second-order valence-corrected chi connectivity index (χ2v) is 10.9. The number of hydrogen-bond donors (Lipinski definition) is 1. The van der Waals surface area contributed by atoms with Crippen molar-refractivity contribution in [2.45, 2.75) is 0 Å². The van der Waals surface area contributed by atoms with Gasteiger partial charge in [-0.05, 0) is 71.9 Å². The van der Waals surface area contributed by atoms with E-state index in [2.05, 4.69) is 10.2 Å². The SMILES string of the molecule is O=C(COc1ccc(/C=C2/SC(=O)N(CC(=O)N3CCN(c4ccccc4)CC3)C2=O)cc1Cl)Nc1ccc(F)cc1. The Labute approximate surface area is 250 Å². The topological polar surface area (TPSA) is 99.3 Å². The van der Waals surface area contributed by atoms with Crippen molar-refractivity contribution in [1.29, 1.82) is 0 Å². The highest BCUT2D eigenvalue weighted by atomic mass is 35.5. The molecule has 2 heterocycles. The van der Waals surface area contributed by atoms with Crippen molar-refractivity contribution in [1.82, 2.24) is 9.80 Å². The normalized spacial score (nSPS) is 16.2. The van der Waals surface area contributed by atoms with E-state index < -0.39 is 22.9 Å². The van der Waals surface area contributed by atoms with Gasteiger partial charge in [0.05, 0.1) is 9.93 Å². The molecule has 0 bridgehead atoms. The van der Waals surface area contributed by atoms with E-state index >= 15 is 0 Å². The number of carbonyl (C=O) groups excluding carboxylic acids is 4. The molecule has 0 aromatic heterocycles. The van der Waals surface area contributed by atoms with E-state index in [4.69, 9.17) is 16.3 Å². The number of para-hydroxylation sites is 1. The minimum absolute atomic E-state index is 0.171. The smallest absolute Gasteiger partial charge is 0.294 e. The summed E-state index contributed by atoms with van der Waals surface area (Å²) >= 11 is 7.08. The van der Waals surface area contributed by atoms with Crippen LogP contribution in [0.4, 0.5) is 20.6 Å². The zero-order valence-corrected chi connectivity index (χ0v) is 23.9. The number of thioether (sulfide) groups is 1. The van der Waals surface area contributed by atoms with Gasteiger partial charge >= 0.3 is 0 Å². The van der Waals surface area contributed by atoms with Crippen molar-refractivity contribution in [2.75, 3.05) is 49.5 Å². The number of halogens is 2. The highest BCUT2D eigenvalue weighted by molar-refractivity contribution is 8.18. The average Bonchev–Trinajstić information content (AvgIpc) is 3.25. The highest BCUT2D eigenvalue weighted by Crippen LogP contribution is 2.34. The van der Waals surface area contributed by atoms with E-state index in [1.165, 1.54) is 30.3 Å². The maximum atomic E-state index is 13.0. The molecule has 0 spiro atoms. The quantitative estimate of drug-likeness (QED) is 0.364. The summed E-state index contributed by atoms with van der Waals surface area (Å²) in [6, 6.07) is 20.0. The lowest BCUT2D eigenvalue weighted by molar-refractivity contribution is -0.136. The molecule has 12 heteroatoms. The first-order valence-electron chi connectivity index (χ1n) is 13.1. The van der Waals surface area contributed by atoms with Gasteiger partial charge in [-0.25, -0.2) is 4.39 Å². The zero-order chi connectivity index (χ0) is 29.6. The maximum Gasteiger partial charge on any atom is 0.294 e. The summed E-state index contributed by atoms with van der Waals surface area (Å²) in [5.74, 6) is -1.45. The van der Waals surface area contributed by atoms with E-state index in [0.29, 0.717) is 37.4 Å². The van der Waals surface area contributed by atoms with Crippen molar-refractivity contribution in [3.63, 3.8) is 0 Å². The lowest BCUT2D eigenvalue weighted by Gasteiger charge is -2.36. The number of rotatable bonds is 8. The molecule has 2 fully saturated rings. The average molecular weight is 609 g/mol. The Hall–Kier alpha value is -4.35. The van der Waals surface area contributed by atoms with Gasteiger partial charge in [-0.1, -0.05) is 35.9 Å². The molecular formula is C30H26ClFN4O5S. The molecule has 0 radical (unpaired) electrons. The fourth-order valence-electron chi connectivity index (χ4n) is 4.47. The molecule has 0 saturated carbocycles. The zero-order valence-electron chi connectivity index (χ0n) is 22.3. The van der Waals surface area contributed by atoms with Crippen molar-refractivity contribution in [3.8, 4) is 5.75 Å². The maximum absolute atomic E-state index is 13.0. The number of amides is 4. The van der Waals surface area contributed by atoms with Gasteiger partial charge in [-0.15, -0.1) is 0 Å². The van der Waals surface area contributed by atoms with Crippen LogP contribution < -0.4 is 15.0 Å². The predicted octanol–water partition coefficient (Wildman–Crippen LogP) is 4.88. The van der Waals surface area contributed by atoms with Crippen LogP contribution >= 0.6 is 23.4 Å². The van der Waals surface area contributed by atoms with Crippen LogP contribution in [0.15, 0.2) is 77.7 Å². The molecule has 0 aliphatic carbocycles. The summed E-state index contributed by atoms with van der Waals surface area (Å²) in [6.45, 7) is 1.68. The lowest BCUT2D eigenvalue weighted by atomic mass is 10.2. The van der Waals surface area contributed by atoms with E-state index in [0.717, 1.165) is 22.3 Å². The van der Waals surface area contributed by atoms with Crippen LogP contribution in [0.2, 0.25) is 5.02 Å². The van der Waals surface area contributed by atoms with Crippen LogP contribution in [0, 0.1) is 5.82 Å².